The third kappa shape index (κ3) is 2.96. The van der Waals surface area contributed by atoms with E-state index in [1.807, 2.05) is 12.1 Å². The predicted molar refractivity (Wildman–Crippen MR) is 76.1 cm³/mol. The topological polar surface area (TPSA) is 59.1 Å². The van der Waals surface area contributed by atoms with E-state index in [-0.39, 0.29) is 5.84 Å². The number of halogens is 2. The van der Waals surface area contributed by atoms with Gasteiger partial charge >= 0.3 is 0 Å². The minimum atomic E-state index is -0.111. The van der Waals surface area contributed by atoms with E-state index < -0.39 is 0 Å². The lowest BCUT2D eigenvalue weighted by atomic mass is 10.2. The van der Waals surface area contributed by atoms with Gasteiger partial charge in [-0.25, -0.2) is 0 Å². The van der Waals surface area contributed by atoms with E-state index in [2.05, 4.69) is 0 Å². The molecule has 0 bridgehead atoms. The van der Waals surface area contributed by atoms with Crippen LogP contribution in [0.2, 0.25) is 9.36 Å². The Morgan fingerprint density at radius 1 is 1.28 bits per heavy atom. The highest BCUT2D eigenvalue weighted by molar-refractivity contribution is 7.16. The molecule has 0 fully saturated rings. The van der Waals surface area contributed by atoms with Crippen molar-refractivity contribution in [3.63, 3.8) is 0 Å². The molecule has 1 aromatic heterocycles. The van der Waals surface area contributed by atoms with Crippen LogP contribution in [0.25, 0.3) is 0 Å². The SMILES string of the molecule is N=C(N)c1c(Cl)cccc1OCc1ccc(Cl)s1. The third-order valence-electron chi connectivity index (χ3n) is 2.24. The molecule has 0 unspecified atom stereocenters. The molecule has 1 heterocycles. The average Bonchev–Trinajstić information content (AvgIpc) is 2.72. The van der Waals surface area contributed by atoms with Crippen molar-refractivity contribution >= 4 is 40.4 Å². The van der Waals surface area contributed by atoms with Gasteiger partial charge in [0.25, 0.3) is 0 Å². The molecule has 0 aliphatic rings. The maximum Gasteiger partial charge on any atom is 0.132 e. The number of rotatable bonds is 4. The number of nitrogens with one attached hydrogen (secondary N) is 1. The van der Waals surface area contributed by atoms with Gasteiger partial charge < -0.3 is 10.5 Å². The highest BCUT2D eigenvalue weighted by Gasteiger charge is 2.11. The van der Waals surface area contributed by atoms with Crippen molar-refractivity contribution in [3.8, 4) is 5.75 Å². The zero-order valence-corrected chi connectivity index (χ0v) is 11.6. The van der Waals surface area contributed by atoms with E-state index in [0.29, 0.717) is 27.3 Å². The third-order valence-corrected chi connectivity index (χ3v) is 3.76. The van der Waals surface area contributed by atoms with Gasteiger partial charge in [0.15, 0.2) is 0 Å². The van der Waals surface area contributed by atoms with E-state index in [0.717, 1.165) is 4.88 Å². The standard InChI is InChI=1S/C12H10Cl2N2OS/c13-8-2-1-3-9(11(8)12(15)16)17-6-7-4-5-10(14)18-7/h1-5H,6H2,(H3,15,16). The van der Waals surface area contributed by atoms with Crippen molar-refractivity contribution in [3.05, 3.63) is 50.1 Å². The summed E-state index contributed by atoms with van der Waals surface area (Å²) in [4.78, 5) is 0.995. The number of hydrogen-bond acceptors (Lipinski definition) is 3. The molecule has 1 aromatic carbocycles. The molecule has 3 nitrogen and oxygen atoms in total. The minimum Gasteiger partial charge on any atom is -0.487 e. The van der Waals surface area contributed by atoms with Crippen molar-refractivity contribution in [1.29, 1.82) is 5.41 Å². The van der Waals surface area contributed by atoms with Crippen molar-refractivity contribution in [1.82, 2.24) is 0 Å². The van der Waals surface area contributed by atoms with Crippen molar-refractivity contribution in [2.45, 2.75) is 6.61 Å². The Bertz CT molecular complexity index is 583. The van der Waals surface area contributed by atoms with Gasteiger partial charge in [-0.05, 0) is 24.3 Å². The Kier molecular flexibility index (Phi) is 4.11. The summed E-state index contributed by atoms with van der Waals surface area (Å²) >= 11 is 13.3. The summed E-state index contributed by atoms with van der Waals surface area (Å²) in [6, 6.07) is 8.87. The maximum atomic E-state index is 7.50. The van der Waals surface area contributed by atoms with Gasteiger partial charge in [0.2, 0.25) is 0 Å². The Hall–Kier alpha value is -1.23. The van der Waals surface area contributed by atoms with Gasteiger partial charge in [0, 0.05) is 4.88 Å². The molecule has 0 saturated heterocycles. The second-order valence-electron chi connectivity index (χ2n) is 3.52. The molecule has 6 heteroatoms. The molecular weight excluding hydrogens is 291 g/mol. The first-order valence-corrected chi connectivity index (χ1v) is 6.65. The first kappa shape index (κ1) is 13.2. The van der Waals surface area contributed by atoms with Gasteiger partial charge in [-0.2, -0.15) is 0 Å². The molecular formula is C12H10Cl2N2OS. The van der Waals surface area contributed by atoms with Crippen molar-refractivity contribution in [2.24, 2.45) is 5.73 Å². The number of nitrogens with two attached hydrogens (primary N) is 1. The highest BCUT2D eigenvalue weighted by Crippen LogP contribution is 2.28. The van der Waals surface area contributed by atoms with Gasteiger partial charge in [-0.1, -0.05) is 29.3 Å². The Balaban J connectivity index is 2.19. The van der Waals surface area contributed by atoms with E-state index in [9.17, 15) is 0 Å². The largest absolute Gasteiger partial charge is 0.487 e. The smallest absolute Gasteiger partial charge is 0.132 e. The number of hydrogen-bond donors (Lipinski definition) is 2. The molecule has 2 aromatic rings. The zero-order valence-electron chi connectivity index (χ0n) is 9.24. The minimum absolute atomic E-state index is 0.111. The van der Waals surface area contributed by atoms with Gasteiger partial charge in [0.05, 0.1) is 14.9 Å². The van der Waals surface area contributed by atoms with Gasteiger partial charge in [-0.3, -0.25) is 5.41 Å². The molecule has 94 valence electrons. The summed E-state index contributed by atoms with van der Waals surface area (Å²) in [6.45, 7) is 0.373. The van der Waals surface area contributed by atoms with Crippen LogP contribution in [-0.4, -0.2) is 5.84 Å². The molecule has 0 spiro atoms. The van der Waals surface area contributed by atoms with Crippen LogP contribution in [-0.2, 0) is 6.61 Å². The summed E-state index contributed by atoms with van der Waals surface area (Å²) in [5.41, 5.74) is 5.91. The van der Waals surface area contributed by atoms with Crippen LogP contribution < -0.4 is 10.5 Å². The van der Waals surface area contributed by atoms with E-state index in [1.165, 1.54) is 11.3 Å². The van der Waals surface area contributed by atoms with Gasteiger partial charge in [0.1, 0.15) is 18.2 Å². The number of thiophene rings is 1. The van der Waals surface area contributed by atoms with E-state index >= 15 is 0 Å². The molecule has 0 amide bonds. The summed E-state index contributed by atoms with van der Waals surface area (Å²) in [6.07, 6.45) is 0. The van der Waals surface area contributed by atoms with Crippen LogP contribution in [0.5, 0.6) is 5.75 Å². The summed E-state index contributed by atoms with van der Waals surface area (Å²) in [7, 11) is 0. The lowest BCUT2D eigenvalue weighted by molar-refractivity contribution is 0.309. The summed E-state index contributed by atoms with van der Waals surface area (Å²) in [5, 5.41) is 7.91. The second kappa shape index (κ2) is 5.61. The van der Waals surface area contributed by atoms with E-state index in [1.54, 1.807) is 18.2 Å². The summed E-state index contributed by atoms with van der Waals surface area (Å²) < 4.78 is 6.34. The lowest BCUT2D eigenvalue weighted by Crippen LogP contribution is -2.13. The molecule has 18 heavy (non-hydrogen) atoms. The van der Waals surface area contributed by atoms with Gasteiger partial charge in [-0.15, -0.1) is 11.3 Å². The lowest BCUT2D eigenvalue weighted by Gasteiger charge is -2.11. The Labute approximate surface area is 119 Å². The normalized spacial score (nSPS) is 10.3. The Morgan fingerprint density at radius 2 is 2.06 bits per heavy atom. The van der Waals surface area contributed by atoms with Crippen LogP contribution in [0, 0.1) is 5.41 Å². The summed E-state index contributed by atoms with van der Waals surface area (Å²) in [5.74, 6) is 0.388. The highest BCUT2D eigenvalue weighted by atomic mass is 35.5. The quantitative estimate of drug-likeness (QED) is 0.664. The van der Waals surface area contributed by atoms with Crippen molar-refractivity contribution in [2.75, 3.05) is 0 Å². The van der Waals surface area contributed by atoms with Crippen LogP contribution in [0.3, 0.4) is 0 Å². The fourth-order valence-corrected chi connectivity index (χ4v) is 2.73. The van der Waals surface area contributed by atoms with Crippen LogP contribution in [0.1, 0.15) is 10.4 Å². The molecule has 0 atom stereocenters. The first-order chi connectivity index (χ1) is 8.58. The maximum absolute atomic E-state index is 7.50. The van der Waals surface area contributed by atoms with Crippen LogP contribution in [0.15, 0.2) is 30.3 Å². The zero-order chi connectivity index (χ0) is 13.1. The average molecular weight is 301 g/mol. The molecule has 0 aliphatic carbocycles. The first-order valence-electron chi connectivity index (χ1n) is 5.08. The molecule has 3 N–H and O–H groups in total. The molecule has 2 rings (SSSR count). The van der Waals surface area contributed by atoms with Crippen LogP contribution in [0.4, 0.5) is 0 Å². The molecule has 0 saturated carbocycles. The predicted octanol–water partition coefficient (Wildman–Crippen LogP) is 3.92. The molecule has 0 radical (unpaired) electrons. The number of nitrogen functional groups attached to an aromatic ring is 1. The van der Waals surface area contributed by atoms with Crippen molar-refractivity contribution < 1.29 is 4.74 Å². The fraction of sp³-hybridized carbons (Fsp3) is 0.0833. The number of ether oxygens (including phenoxy) is 1. The van der Waals surface area contributed by atoms with E-state index in [4.69, 9.17) is 39.1 Å². The number of amidine groups is 1. The Morgan fingerprint density at radius 3 is 2.67 bits per heavy atom. The number of benzene rings is 1. The second-order valence-corrected chi connectivity index (χ2v) is 5.73. The fourth-order valence-electron chi connectivity index (χ4n) is 1.46. The van der Waals surface area contributed by atoms with Crippen LogP contribution >= 0.6 is 34.5 Å². The molecule has 0 aliphatic heterocycles. The monoisotopic (exact) mass is 300 g/mol.